The van der Waals surface area contributed by atoms with Gasteiger partial charge in [-0.05, 0) is 42.8 Å². The molecule has 0 spiro atoms. The number of esters is 1. The highest BCUT2D eigenvalue weighted by Gasteiger charge is 2.37. The summed E-state index contributed by atoms with van der Waals surface area (Å²) in [6.07, 6.45) is 2.37. The molecule has 0 saturated carbocycles. The van der Waals surface area contributed by atoms with Crippen molar-refractivity contribution in [3.05, 3.63) is 28.5 Å². The molecule has 1 aliphatic heterocycles. The zero-order valence-electron chi connectivity index (χ0n) is 13.0. The van der Waals surface area contributed by atoms with Crippen LogP contribution >= 0.6 is 15.9 Å². The van der Waals surface area contributed by atoms with Crippen LogP contribution in [0.1, 0.15) is 32.8 Å². The van der Waals surface area contributed by atoms with Crippen LogP contribution in [0.3, 0.4) is 0 Å². The van der Waals surface area contributed by atoms with E-state index in [0.717, 1.165) is 10.2 Å². The van der Waals surface area contributed by atoms with E-state index >= 15 is 0 Å². The molecule has 1 aliphatic rings. The summed E-state index contributed by atoms with van der Waals surface area (Å²) < 4.78 is 12.0. The van der Waals surface area contributed by atoms with Gasteiger partial charge in [-0.25, -0.2) is 9.78 Å². The zero-order valence-corrected chi connectivity index (χ0v) is 14.6. The molecule has 0 bridgehead atoms. The van der Waals surface area contributed by atoms with Gasteiger partial charge in [-0.3, -0.25) is 0 Å². The van der Waals surface area contributed by atoms with E-state index in [9.17, 15) is 4.79 Å². The Bertz CT molecular complexity index is 507. The molecule has 2 rings (SSSR count). The molecule has 2 heterocycles. The largest absolute Gasteiger partial charge is 0.458 e. The van der Waals surface area contributed by atoms with Crippen molar-refractivity contribution >= 4 is 21.9 Å². The number of hydroxylamine groups is 1. The van der Waals surface area contributed by atoms with Gasteiger partial charge in [0.05, 0.1) is 13.2 Å². The zero-order chi connectivity index (χ0) is 16.2. The Morgan fingerprint density at radius 1 is 1.50 bits per heavy atom. The summed E-state index contributed by atoms with van der Waals surface area (Å²) in [5.74, 6) is -0.386. The lowest BCUT2D eigenvalue weighted by molar-refractivity contribution is -0.178. The van der Waals surface area contributed by atoms with Gasteiger partial charge in [0.1, 0.15) is 22.4 Å². The highest BCUT2D eigenvalue weighted by Crippen LogP contribution is 2.31. The standard InChI is InChI=1S/C15H21BrN2O4/c1-14(2,3)22-13(19)9-20-15(6-7-21-18-10-15)11-4-5-12(16)17-8-11/h4-5,8,18H,6-7,9-10H2,1-3H3. The minimum Gasteiger partial charge on any atom is -0.458 e. The van der Waals surface area contributed by atoms with Gasteiger partial charge in [-0.2, -0.15) is 5.48 Å². The maximum Gasteiger partial charge on any atom is 0.332 e. The Kier molecular flexibility index (Phi) is 5.55. The van der Waals surface area contributed by atoms with Crippen LogP contribution in [0.5, 0.6) is 0 Å². The molecule has 6 nitrogen and oxygen atoms in total. The van der Waals surface area contributed by atoms with Crippen molar-refractivity contribution in [1.29, 1.82) is 0 Å². The first-order valence-corrected chi connectivity index (χ1v) is 7.93. The molecule has 1 fully saturated rings. The summed E-state index contributed by atoms with van der Waals surface area (Å²) in [7, 11) is 0. The molecular formula is C15H21BrN2O4. The topological polar surface area (TPSA) is 69.7 Å². The highest BCUT2D eigenvalue weighted by atomic mass is 79.9. The van der Waals surface area contributed by atoms with Crippen molar-refractivity contribution in [2.45, 2.75) is 38.4 Å². The van der Waals surface area contributed by atoms with E-state index in [2.05, 4.69) is 26.4 Å². The number of hydrogen-bond acceptors (Lipinski definition) is 6. The third-order valence-corrected chi connectivity index (χ3v) is 3.68. The molecule has 0 amide bonds. The Labute approximate surface area is 138 Å². The fourth-order valence-electron chi connectivity index (χ4n) is 2.21. The first-order valence-electron chi connectivity index (χ1n) is 7.13. The number of ether oxygens (including phenoxy) is 2. The van der Waals surface area contributed by atoms with Crippen molar-refractivity contribution in [3.63, 3.8) is 0 Å². The SMILES string of the molecule is CC(C)(C)OC(=O)COC1(c2ccc(Br)nc2)CCONC1. The second-order valence-corrected chi connectivity index (χ2v) is 6.97. The van der Waals surface area contributed by atoms with Crippen LogP contribution in [0.25, 0.3) is 0 Å². The summed E-state index contributed by atoms with van der Waals surface area (Å²) in [6, 6.07) is 3.78. The number of hydrogen-bond donors (Lipinski definition) is 1. The second-order valence-electron chi connectivity index (χ2n) is 6.16. The number of nitrogens with one attached hydrogen (secondary N) is 1. The van der Waals surface area contributed by atoms with Crippen LogP contribution in [0.4, 0.5) is 0 Å². The van der Waals surface area contributed by atoms with Crippen LogP contribution < -0.4 is 5.48 Å². The van der Waals surface area contributed by atoms with Crippen LogP contribution in [-0.4, -0.2) is 36.3 Å². The summed E-state index contributed by atoms with van der Waals surface area (Å²) in [4.78, 5) is 21.3. The van der Waals surface area contributed by atoms with Crippen molar-refractivity contribution < 1.29 is 19.1 Å². The van der Waals surface area contributed by atoms with E-state index in [-0.39, 0.29) is 12.6 Å². The maximum atomic E-state index is 11.9. The molecule has 1 aromatic heterocycles. The fraction of sp³-hybridized carbons (Fsp3) is 0.600. The molecule has 1 atom stereocenters. The molecule has 1 N–H and O–H groups in total. The number of pyridine rings is 1. The monoisotopic (exact) mass is 372 g/mol. The fourth-order valence-corrected chi connectivity index (χ4v) is 2.44. The average molecular weight is 373 g/mol. The van der Waals surface area contributed by atoms with Crippen molar-refractivity contribution in [1.82, 2.24) is 10.5 Å². The lowest BCUT2D eigenvalue weighted by Crippen LogP contribution is -2.47. The lowest BCUT2D eigenvalue weighted by Gasteiger charge is -2.37. The van der Waals surface area contributed by atoms with Crippen molar-refractivity contribution in [3.8, 4) is 0 Å². The Morgan fingerprint density at radius 2 is 2.27 bits per heavy atom. The van der Waals surface area contributed by atoms with Crippen LogP contribution in [-0.2, 0) is 24.7 Å². The molecular weight excluding hydrogens is 352 g/mol. The van der Waals surface area contributed by atoms with E-state index in [1.807, 2.05) is 32.9 Å². The Hall–Kier alpha value is -1.02. The van der Waals surface area contributed by atoms with Crippen molar-refractivity contribution in [2.75, 3.05) is 19.8 Å². The second kappa shape index (κ2) is 7.04. The average Bonchev–Trinajstić information content (AvgIpc) is 2.45. The predicted molar refractivity (Wildman–Crippen MR) is 84.0 cm³/mol. The molecule has 0 radical (unpaired) electrons. The van der Waals surface area contributed by atoms with E-state index in [1.165, 1.54) is 0 Å². The Balaban J connectivity index is 2.09. The van der Waals surface area contributed by atoms with E-state index in [0.29, 0.717) is 19.6 Å². The molecule has 1 saturated heterocycles. The van der Waals surface area contributed by atoms with E-state index in [1.54, 1.807) is 6.20 Å². The third kappa shape index (κ3) is 4.74. The number of nitrogens with zero attached hydrogens (tertiary/aromatic N) is 1. The summed E-state index contributed by atoms with van der Waals surface area (Å²) in [5, 5.41) is 0. The maximum absolute atomic E-state index is 11.9. The predicted octanol–water partition coefficient (Wildman–Crippen LogP) is 2.32. The van der Waals surface area contributed by atoms with Gasteiger partial charge < -0.3 is 14.3 Å². The molecule has 22 heavy (non-hydrogen) atoms. The van der Waals surface area contributed by atoms with E-state index < -0.39 is 11.2 Å². The van der Waals surface area contributed by atoms with Gasteiger partial charge in [-0.15, -0.1) is 0 Å². The number of halogens is 1. The normalized spacial score (nSPS) is 22.4. The van der Waals surface area contributed by atoms with Gasteiger partial charge in [0.2, 0.25) is 0 Å². The van der Waals surface area contributed by atoms with Crippen LogP contribution in [0, 0.1) is 0 Å². The van der Waals surface area contributed by atoms with Crippen molar-refractivity contribution in [2.24, 2.45) is 0 Å². The number of carbonyl (C=O) groups excluding carboxylic acids is 1. The van der Waals surface area contributed by atoms with Crippen LogP contribution in [0.15, 0.2) is 22.9 Å². The molecule has 0 aromatic carbocycles. The first-order chi connectivity index (χ1) is 10.3. The molecule has 0 aliphatic carbocycles. The quantitative estimate of drug-likeness (QED) is 0.645. The van der Waals surface area contributed by atoms with Gasteiger partial charge in [-0.1, -0.05) is 6.07 Å². The van der Waals surface area contributed by atoms with Crippen LogP contribution in [0.2, 0.25) is 0 Å². The molecule has 1 unspecified atom stereocenters. The summed E-state index contributed by atoms with van der Waals surface area (Å²) >= 11 is 3.32. The minimum absolute atomic E-state index is 0.116. The van der Waals surface area contributed by atoms with Gasteiger partial charge in [0, 0.05) is 18.2 Å². The van der Waals surface area contributed by atoms with E-state index in [4.69, 9.17) is 14.3 Å². The lowest BCUT2D eigenvalue weighted by atomic mass is 9.91. The van der Waals surface area contributed by atoms with Gasteiger partial charge in [0.15, 0.2) is 0 Å². The minimum atomic E-state index is -0.650. The van der Waals surface area contributed by atoms with Gasteiger partial charge in [0.25, 0.3) is 0 Å². The highest BCUT2D eigenvalue weighted by molar-refractivity contribution is 9.10. The molecule has 1 aromatic rings. The van der Waals surface area contributed by atoms with Gasteiger partial charge >= 0.3 is 5.97 Å². The molecule has 7 heteroatoms. The summed E-state index contributed by atoms with van der Waals surface area (Å²) in [5.41, 5.74) is 2.57. The third-order valence-electron chi connectivity index (χ3n) is 3.21. The number of carbonyl (C=O) groups is 1. The smallest absolute Gasteiger partial charge is 0.332 e. The number of rotatable bonds is 4. The summed E-state index contributed by atoms with van der Waals surface area (Å²) in [6.45, 7) is 6.30. The number of aromatic nitrogens is 1. The Morgan fingerprint density at radius 3 is 2.82 bits per heavy atom. The molecule has 122 valence electrons. The first kappa shape index (κ1) is 17.3.